The first-order valence-electron chi connectivity index (χ1n) is 6.05. The van der Waals surface area contributed by atoms with Gasteiger partial charge in [0, 0.05) is 0 Å². The van der Waals surface area contributed by atoms with Gasteiger partial charge in [-0.05, 0) is 0 Å². The van der Waals surface area contributed by atoms with Crippen LogP contribution in [0.5, 0.6) is 0 Å². The SMILES string of the molecule is C[O][Ti]([CH2]CCOC(=O)c1ccccc1)([O]C)[O]C. The number of carbonyl (C=O) groups is 1. The van der Waals surface area contributed by atoms with Crippen LogP contribution in [0.3, 0.4) is 0 Å². The van der Waals surface area contributed by atoms with Gasteiger partial charge in [0.25, 0.3) is 0 Å². The summed E-state index contributed by atoms with van der Waals surface area (Å²) in [4.78, 5) is 11.7. The number of esters is 1. The molecule has 19 heavy (non-hydrogen) atoms. The van der Waals surface area contributed by atoms with E-state index in [-0.39, 0.29) is 5.97 Å². The molecule has 1 aromatic rings. The van der Waals surface area contributed by atoms with Crippen LogP contribution in [-0.2, 0) is 32.4 Å². The zero-order valence-electron chi connectivity index (χ0n) is 11.5. The van der Waals surface area contributed by atoms with Gasteiger partial charge in [0.05, 0.1) is 0 Å². The van der Waals surface area contributed by atoms with Gasteiger partial charge in [-0.1, -0.05) is 0 Å². The summed E-state index contributed by atoms with van der Waals surface area (Å²) in [6.07, 6.45) is 0.661. The van der Waals surface area contributed by atoms with E-state index in [4.69, 9.17) is 14.7 Å². The van der Waals surface area contributed by atoms with Gasteiger partial charge in [0.15, 0.2) is 0 Å². The molecular formula is C13H20O5Ti. The van der Waals surface area contributed by atoms with Gasteiger partial charge in [0.1, 0.15) is 0 Å². The topological polar surface area (TPSA) is 54.0 Å². The fourth-order valence-corrected chi connectivity index (χ4v) is 4.31. The quantitative estimate of drug-likeness (QED) is 0.419. The number of rotatable bonds is 8. The van der Waals surface area contributed by atoms with Gasteiger partial charge in [-0.25, -0.2) is 0 Å². The van der Waals surface area contributed by atoms with Gasteiger partial charge in [-0.15, -0.1) is 0 Å². The Morgan fingerprint density at radius 3 is 2.16 bits per heavy atom. The van der Waals surface area contributed by atoms with E-state index in [9.17, 15) is 4.79 Å². The van der Waals surface area contributed by atoms with Gasteiger partial charge in [0.2, 0.25) is 0 Å². The monoisotopic (exact) mass is 304 g/mol. The van der Waals surface area contributed by atoms with Gasteiger partial charge in [-0.2, -0.15) is 0 Å². The van der Waals surface area contributed by atoms with Gasteiger partial charge >= 0.3 is 118 Å². The van der Waals surface area contributed by atoms with E-state index in [1.165, 1.54) is 0 Å². The first-order chi connectivity index (χ1) is 9.17. The van der Waals surface area contributed by atoms with Crippen molar-refractivity contribution in [2.75, 3.05) is 27.9 Å². The predicted molar refractivity (Wildman–Crippen MR) is 67.2 cm³/mol. The van der Waals surface area contributed by atoms with Crippen LogP contribution in [0, 0.1) is 0 Å². The fourth-order valence-electron chi connectivity index (χ4n) is 1.67. The molecule has 0 aliphatic rings. The molecule has 0 aromatic heterocycles. The summed E-state index contributed by atoms with van der Waals surface area (Å²) in [5, 5.41) is 0. The van der Waals surface area contributed by atoms with Gasteiger partial charge in [-0.3, -0.25) is 0 Å². The maximum atomic E-state index is 11.7. The van der Waals surface area contributed by atoms with Crippen molar-refractivity contribution >= 4 is 5.97 Å². The van der Waals surface area contributed by atoms with E-state index < -0.39 is 17.8 Å². The summed E-state index contributed by atoms with van der Waals surface area (Å²) in [6.45, 7) is 0.330. The first-order valence-corrected chi connectivity index (χ1v) is 9.06. The Bertz CT molecular complexity index is 370. The fraction of sp³-hybridized carbons (Fsp3) is 0.462. The third kappa shape index (κ3) is 5.05. The zero-order chi connectivity index (χ0) is 14.1. The van der Waals surface area contributed by atoms with Crippen molar-refractivity contribution in [1.82, 2.24) is 0 Å². The molecule has 1 rings (SSSR count). The number of carbonyl (C=O) groups excluding carboxylic acids is 1. The Balaban J connectivity index is 2.33. The number of hydrogen-bond donors (Lipinski definition) is 0. The van der Waals surface area contributed by atoms with Crippen molar-refractivity contribution in [2.24, 2.45) is 0 Å². The van der Waals surface area contributed by atoms with Crippen LogP contribution in [0.4, 0.5) is 0 Å². The Kier molecular flexibility index (Phi) is 7.27. The molecule has 0 saturated heterocycles. The Morgan fingerprint density at radius 2 is 1.63 bits per heavy atom. The molecule has 5 nitrogen and oxygen atoms in total. The maximum absolute atomic E-state index is 11.7. The molecule has 0 heterocycles. The van der Waals surface area contributed by atoms with E-state index in [0.717, 1.165) is 0 Å². The van der Waals surface area contributed by atoms with Gasteiger partial charge < -0.3 is 0 Å². The van der Waals surface area contributed by atoms with E-state index in [1.807, 2.05) is 6.07 Å². The molecule has 0 saturated carbocycles. The average molecular weight is 304 g/mol. The molecule has 0 atom stereocenters. The van der Waals surface area contributed by atoms with E-state index in [2.05, 4.69) is 0 Å². The molecule has 0 aliphatic heterocycles. The average Bonchev–Trinajstić information content (AvgIpc) is 2.49. The van der Waals surface area contributed by atoms with Crippen LogP contribution >= 0.6 is 0 Å². The molecule has 1 aromatic carbocycles. The Morgan fingerprint density at radius 1 is 1.05 bits per heavy atom. The minimum atomic E-state index is -3.08. The molecule has 0 N–H and O–H groups in total. The minimum absolute atomic E-state index is 0.314. The van der Waals surface area contributed by atoms with Crippen LogP contribution in [0.25, 0.3) is 0 Å². The summed E-state index contributed by atoms with van der Waals surface area (Å²) in [5.74, 6) is -0.314. The van der Waals surface area contributed by atoms with Crippen molar-refractivity contribution in [3.63, 3.8) is 0 Å². The molecule has 106 valence electrons. The first kappa shape index (κ1) is 16.3. The summed E-state index contributed by atoms with van der Waals surface area (Å²) >= 11 is -3.08. The van der Waals surface area contributed by atoms with Crippen molar-refractivity contribution < 1.29 is 37.2 Å². The van der Waals surface area contributed by atoms with E-state index in [0.29, 0.717) is 23.3 Å². The molecule has 0 spiro atoms. The standard InChI is InChI=1S/C10H11O2.3CH3O.Ti/c1-2-8-12-10(11)9-6-4-3-5-7-9;3*1-2;/h3-7H,1-2,8H2;3*1H3;/q;3*-1;+3. The van der Waals surface area contributed by atoms with Crippen molar-refractivity contribution in [3.05, 3.63) is 35.9 Å². The van der Waals surface area contributed by atoms with Crippen LogP contribution in [0.15, 0.2) is 30.3 Å². The molecule has 0 unspecified atom stereocenters. The summed E-state index contributed by atoms with van der Waals surface area (Å²) in [7, 11) is 4.76. The van der Waals surface area contributed by atoms with Crippen LogP contribution in [-0.4, -0.2) is 33.9 Å². The molecule has 0 amide bonds. The molecule has 6 heteroatoms. The summed E-state index contributed by atoms with van der Waals surface area (Å²) in [6, 6.07) is 8.91. The van der Waals surface area contributed by atoms with Crippen LogP contribution in [0.1, 0.15) is 16.8 Å². The predicted octanol–water partition coefficient (Wildman–Crippen LogP) is 2.49. The van der Waals surface area contributed by atoms with Crippen LogP contribution in [0.2, 0.25) is 4.73 Å². The van der Waals surface area contributed by atoms with Crippen molar-refractivity contribution in [3.8, 4) is 0 Å². The molecule has 0 radical (unpaired) electrons. The number of ether oxygens (including phenoxy) is 1. The Hall–Kier alpha value is -0.716. The molecule has 0 fully saturated rings. The molecule has 0 aliphatic carbocycles. The molecule has 0 bridgehead atoms. The second-order valence-electron chi connectivity index (χ2n) is 3.90. The van der Waals surface area contributed by atoms with Crippen molar-refractivity contribution in [2.45, 2.75) is 11.1 Å². The summed E-state index contributed by atoms with van der Waals surface area (Å²) < 4.78 is 21.8. The Labute approximate surface area is 118 Å². The third-order valence-corrected chi connectivity index (χ3v) is 7.23. The second-order valence-corrected chi connectivity index (χ2v) is 8.73. The van der Waals surface area contributed by atoms with E-state index >= 15 is 0 Å². The van der Waals surface area contributed by atoms with Crippen LogP contribution < -0.4 is 0 Å². The summed E-state index contributed by atoms with van der Waals surface area (Å²) in [5.41, 5.74) is 0.556. The third-order valence-electron chi connectivity index (χ3n) is 2.80. The van der Waals surface area contributed by atoms with Crippen molar-refractivity contribution in [1.29, 1.82) is 0 Å². The zero-order valence-corrected chi connectivity index (χ0v) is 13.1. The van der Waals surface area contributed by atoms with E-state index in [1.54, 1.807) is 45.6 Å². The number of hydrogen-bond acceptors (Lipinski definition) is 5. The number of benzene rings is 1. The molecular weight excluding hydrogens is 284 g/mol. The second kappa shape index (κ2) is 8.45. The normalized spacial score (nSPS) is 11.3.